The van der Waals surface area contributed by atoms with Crippen molar-refractivity contribution in [2.24, 2.45) is 5.41 Å². The smallest absolute Gasteiger partial charge is 0.227 e. The van der Waals surface area contributed by atoms with Crippen molar-refractivity contribution in [1.82, 2.24) is 15.3 Å². The molecule has 2 aliphatic heterocycles. The molecule has 0 unspecified atom stereocenters. The van der Waals surface area contributed by atoms with E-state index >= 15 is 4.39 Å². The summed E-state index contributed by atoms with van der Waals surface area (Å²) in [6.45, 7) is 15.1. The summed E-state index contributed by atoms with van der Waals surface area (Å²) in [4.78, 5) is 10.8. The van der Waals surface area contributed by atoms with Crippen LogP contribution >= 0.6 is 0 Å². The van der Waals surface area contributed by atoms with E-state index in [9.17, 15) is 4.39 Å². The molecular weight excluding hydrogens is 456 g/mol. The van der Waals surface area contributed by atoms with Crippen molar-refractivity contribution in [3.63, 3.8) is 0 Å². The molecule has 7 heteroatoms. The van der Waals surface area contributed by atoms with E-state index in [1.807, 2.05) is 26.0 Å². The molecule has 2 aromatic carbocycles. The summed E-state index contributed by atoms with van der Waals surface area (Å²) >= 11 is 0. The van der Waals surface area contributed by atoms with Crippen LogP contribution in [0.3, 0.4) is 0 Å². The minimum absolute atomic E-state index is 0.0404. The van der Waals surface area contributed by atoms with Gasteiger partial charge in [-0.3, -0.25) is 0 Å². The summed E-state index contributed by atoms with van der Waals surface area (Å²) in [7, 11) is 0. The maximum atomic E-state index is 15.3. The van der Waals surface area contributed by atoms with Crippen LogP contribution in [0, 0.1) is 17.0 Å². The predicted molar refractivity (Wildman–Crippen MR) is 144 cm³/mol. The molecule has 192 valence electrons. The van der Waals surface area contributed by atoms with Crippen molar-refractivity contribution in [2.45, 2.75) is 67.0 Å². The lowest BCUT2D eigenvalue weighted by Crippen LogP contribution is -2.44. The number of nitrogens with zero attached hydrogens (tertiary/aromatic N) is 3. The molecule has 5 rings (SSSR count). The molecule has 0 bridgehead atoms. The maximum absolute atomic E-state index is 15.3. The average molecular weight is 494 g/mol. The van der Waals surface area contributed by atoms with Gasteiger partial charge in [0.05, 0.1) is 6.20 Å². The van der Waals surface area contributed by atoms with Crippen LogP contribution in [0.4, 0.5) is 26.1 Å². The number of halogens is 2. The number of benzene rings is 2. The molecule has 0 radical (unpaired) electrons. The number of rotatable bonds is 4. The number of fused-ring (bicyclic) bond motifs is 2. The van der Waals surface area contributed by atoms with Gasteiger partial charge in [-0.2, -0.15) is 0 Å². The molecule has 3 aromatic rings. The molecule has 0 amide bonds. The monoisotopic (exact) mass is 493 g/mol. The molecule has 0 atom stereocenters. The lowest BCUT2D eigenvalue weighted by atomic mass is 9.80. The molecule has 1 aromatic heterocycles. The van der Waals surface area contributed by atoms with E-state index < -0.39 is 5.82 Å². The van der Waals surface area contributed by atoms with Gasteiger partial charge >= 0.3 is 0 Å². The SMILES string of the molecule is CC.CC(C)N1CC(C)(C)Cc2c(F)cc(-c3nc(Nc4ccc5c(c4)CNCC5)ncc3F)cc21. The van der Waals surface area contributed by atoms with E-state index in [2.05, 4.69) is 65.3 Å². The molecule has 0 spiro atoms. The molecule has 3 heterocycles. The quantitative estimate of drug-likeness (QED) is 0.427. The Balaban J connectivity index is 0.00000148. The van der Waals surface area contributed by atoms with Crippen LogP contribution < -0.4 is 15.5 Å². The van der Waals surface area contributed by atoms with E-state index in [-0.39, 0.29) is 28.9 Å². The molecule has 0 fully saturated rings. The van der Waals surface area contributed by atoms with E-state index in [4.69, 9.17) is 0 Å². The second-order valence-electron chi connectivity index (χ2n) is 10.4. The van der Waals surface area contributed by atoms with Crippen LogP contribution in [0.5, 0.6) is 0 Å². The number of aromatic nitrogens is 2. The molecule has 0 aliphatic carbocycles. The summed E-state index contributed by atoms with van der Waals surface area (Å²) < 4.78 is 30.2. The second-order valence-corrected chi connectivity index (χ2v) is 10.4. The van der Waals surface area contributed by atoms with Gasteiger partial charge in [0, 0.05) is 41.6 Å². The second kappa shape index (κ2) is 10.5. The van der Waals surface area contributed by atoms with Crippen molar-refractivity contribution < 1.29 is 8.78 Å². The lowest BCUT2D eigenvalue weighted by Gasteiger charge is -2.43. The highest BCUT2D eigenvalue weighted by Crippen LogP contribution is 2.41. The Kier molecular flexibility index (Phi) is 7.59. The number of nitrogens with one attached hydrogen (secondary N) is 2. The van der Waals surface area contributed by atoms with Gasteiger partial charge < -0.3 is 15.5 Å². The van der Waals surface area contributed by atoms with Gasteiger partial charge in [0.25, 0.3) is 0 Å². The highest BCUT2D eigenvalue weighted by molar-refractivity contribution is 5.71. The fourth-order valence-electron chi connectivity index (χ4n) is 5.05. The minimum atomic E-state index is -0.577. The topological polar surface area (TPSA) is 53.1 Å². The van der Waals surface area contributed by atoms with Gasteiger partial charge in [0.2, 0.25) is 5.95 Å². The maximum Gasteiger partial charge on any atom is 0.227 e. The van der Waals surface area contributed by atoms with Crippen LogP contribution in [0.25, 0.3) is 11.3 Å². The molecule has 0 saturated carbocycles. The Labute approximate surface area is 213 Å². The predicted octanol–water partition coefficient (Wildman–Crippen LogP) is 6.63. The van der Waals surface area contributed by atoms with E-state index in [1.54, 1.807) is 0 Å². The zero-order valence-corrected chi connectivity index (χ0v) is 22.2. The summed E-state index contributed by atoms with van der Waals surface area (Å²) in [6, 6.07) is 9.61. The fraction of sp³-hybridized carbons (Fsp3) is 0.448. The summed E-state index contributed by atoms with van der Waals surface area (Å²) in [5.74, 6) is -0.618. The van der Waals surface area contributed by atoms with Crippen LogP contribution in [-0.2, 0) is 19.4 Å². The van der Waals surface area contributed by atoms with Crippen LogP contribution in [0.2, 0.25) is 0 Å². The van der Waals surface area contributed by atoms with Crippen LogP contribution in [0.15, 0.2) is 36.5 Å². The van der Waals surface area contributed by atoms with Gasteiger partial charge in [-0.15, -0.1) is 0 Å². The zero-order chi connectivity index (χ0) is 26.0. The van der Waals surface area contributed by atoms with Gasteiger partial charge in [-0.1, -0.05) is 33.8 Å². The fourth-order valence-corrected chi connectivity index (χ4v) is 5.05. The third kappa shape index (κ3) is 5.36. The Morgan fingerprint density at radius 1 is 1.06 bits per heavy atom. The standard InChI is InChI=1S/C27H31F2N5.C2H6/c1-16(2)34-15-27(3,4)12-21-22(28)10-18(11-24(21)34)25-23(29)14-31-26(33-25)32-20-6-5-17-7-8-30-13-19(17)9-20;1-2/h5-6,9-11,14,16,30H,7-8,12-13,15H2,1-4H3,(H,31,32,33);1-2H3. The lowest BCUT2D eigenvalue weighted by molar-refractivity contribution is 0.332. The molecule has 36 heavy (non-hydrogen) atoms. The molecular formula is C29H37F2N5. The highest BCUT2D eigenvalue weighted by atomic mass is 19.1. The van der Waals surface area contributed by atoms with Crippen LogP contribution in [-0.4, -0.2) is 29.1 Å². The highest BCUT2D eigenvalue weighted by Gasteiger charge is 2.34. The van der Waals surface area contributed by atoms with Crippen molar-refractivity contribution >= 4 is 17.3 Å². The Morgan fingerprint density at radius 2 is 1.83 bits per heavy atom. The van der Waals surface area contributed by atoms with E-state index in [1.165, 1.54) is 17.2 Å². The van der Waals surface area contributed by atoms with Crippen molar-refractivity contribution in [3.05, 3.63) is 64.9 Å². The van der Waals surface area contributed by atoms with Crippen molar-refractivity contribution in [1.29, 1.82) is 0 Å². The molecule has 2 aliphatic rings. The first kappa shape index (κ1) is 26.0. The van der Waals surface area contributed by atoms with Crippen molar-refractivity contribution in [2.75, 3.05) is 23.3 Å². The largest absolute Gasteiger partial charge is 0.368 e. The first-order chi connectivity index (χ1) is 17.2. The number of hydrogen-bond donors (Lipinski definition) is 2. The summed E-state index contributed by atoms with van der Waals surface area (Å²) in [5, 5.41) is 6.55. The first-order valence-corrected chi connectivity index (χ1v) is 12.9. The Hall–Kier alpha value is -3.06. The van der Waals surface area contributed by atoms with Gasteiger partial charge in [0.1, 0.15) is 11.5 Å². The molecule has 5 nitrogen and oxygen atoms in total. The third-order valence-electron chi connectivity index (χ3n) is 6.72. The zero-order valence-electron chi connectivity index (χ0n) is 22.2. The minimum Gasteiger partial charge on any atom is -0.368 e. The van der Waals surface area contributed by atoms with E-state index in [0.29, 0.717) is 17.5 Å². The van der Waals surface area contributed by atoms with Crippen molar-refractivity contribution in [3.8, 4) is 11.3 Å². The molecule has 2 N–H and O–H groups in total. The third-order valence-corrected chi connectivity index (χ3v) is 6.72. The average Bonchev–Trinajstić information content (AvgIpc) is 2.86. The molecule has 0 saturated heterocycles. The van der Waals surface area contributed by atoms with Gasteiger partial charge in [-0.05, 0) is 74.0 Å². The summed E-state index contributed by atoms with van der Waals surface area (Å²) in [5.41, 5.74) is 5.36. The Morgan fingerprint density at radius 3 is 2.58 bits per heavy atom. The van der Waals surface area contributed by atoms with E-state index in [0.717, 1.165) is 43.6 Å². The number of anilines is 3. The van der Waals surface area contributed by atoms with Crippen LogP contribution in [0.1, 0.15) is 58.2 Å². The normalized spacial score (nSPS) is 16.1. The summed E-state index contributed by atoms with van der Waals surface area (Å²) in [6.07, 6.45) is 2.79. The van der Waals surface area contributed by atoms with Gasteiger partial charge in [-0.25, -0.2) is 18.7 Å². The Bertz CT molecular complexity index is 1240. The number of hydrogen-bond acceptors (Lipinski definition) is 5. The van der Waals surface area contributed by atoms with Gasteiger partial charge in [0.15, 0.2) is 5.82 Å². The first-order valence-electron chi connectivity index (χ1n) is 12.9.